The van der Waals surface area contributed by atoms with Crippen LogP contribution in [0, 0.1) is 11.6 Å². The normalized spacial score (nSPS) is 10.2. The van der Waals surface area contributed by atoms with E-state index in [1.54, 1.807) is 0 Å². The zero-order valence-electron chi connectivity index (χ0n) is 5.88. The Morgan fingerprint density at radius 1 is 1.23 bits per heavy atom. The first-order valence-electron chi connectivity index (χ1n) is 2.98. The van der Waals surface area contributed by atoms with Crippen LogP contribution in [0.4, 0.5) is 8.78 Å². The highest BCUT2D eigenvalue weighted by molar-refractivity contribution is 9.11. The zero-order chi connectivity index (χ0) is 10.2. The van der Waals surface area contributed by atoms with Crippen LogP contribution in [0.2, 0.25) is 0 Å². The maximum absolute atomic E-state index is 12.9. The highest BCUT2D eigenvalue weighted by atomic mass is 79.9. The molecule has 0 fully saturated rings. The Hall–Kier alpha value is -0.000000000000000111. The number of rotatable bonds is 1. The Labute approximate surface area is 94.3 Å². The van der Waals surface area contributed by atoms with Crippen molar-refractivity contribution in [2.24, 2.45) is 0 Å². The summed E-state index contributed by atoms with van der Waals surface area (Å²) in [5, 5.41) is -0.933. The van der Waals surface area contributed by atoms with Gasteiger partial charge in [-0.15, -0.1) is 0 Å². The Kier molecular flexibility index (Phi) is 3.43. The smallest absolute Gasteiger partial charge is 0.254 e. The number of carbonyl (C=O) groups excluding carboxylic acids is 1. The largest absolute Gasteiger partial charge is 0.276 e. The van der Waals surface area contributed by atoms with Crippen molar-refractivity contribution in [2.75, 3.05) is 0 Å². The molecule has 0 aliphatic carbocycles. The van der Waals surface area contributed by atoms with Crippen LogP contribution in [0.1, 0.15) is 10.4 Å². The summed E-state index contributed by atoms with van der Waals surface area (Å²) in [6.45, 7) is 0. The van der Waals surface area contributed by atoms with Gasteiger partial charge < -0.3 is 0 Å². The predicted octanol–water partition coefficient (Wildman–Crippen LogP) is 3.87. The summed E-state index contributed by atoms with van der Waals surface area (Å²) in [5.74, 6) is -1.74. The fourth-order valence-corrected chi connectivity index (χ4v) is 2.41. The number of hydrogen-bond donors (Lipinski definition) is 0. The van der Waals surface area contributed by atoms with Crippen molar-refractivity contribution in [3.05, 3.63) is 32.2 Å². The molecule has 6 heteroatoms. The molecule has 1 rings (SSSR count). The maximum atomic E-state index is 12.9. The average Bonchev–Trinajstić information content (AvgIpc) is 2.01. The molecule has 0 amide bonds. The van der Waals surface area contributed by atoms with Gasteiger partial charge in [0.2, 0.25) is 0 Å². The molecule has 0 heterocycles. The third kappa shape index (κ3) is 2.08. The van der Waals surface area contributed by atoms with Gasteiger partial charge in [0.05, 0.1) is 14.5 Å². The molecule has 1 nitrogen and oxygen atoms in total. The van der Waals surface area contributed by atoms with E-state index in [9.17, 15) is 13.6 Å². The summed E-state index contributed by atoms with van der Waals surface area (Å²) in [7, 11) is 0. The number of carbonyl (C=O) groups is 1. The molecule has 0 saturated heterocycles. The molecule has 0 aliphatic heterocycles. The van der Waals surface area contributed by atoms with E-state index in [1.807, 2.05) is 0 Å². The van der Waals surface area contributed by atoms with Crippen molar-refractivity contribution in [1.29, 1.82) is 0 Å². The van der Waals surface area contributed by atoms with Crippen molar-refractivity contribution < 1.29 is 13.6 Å². The molecule has 0 N–H and O–H groups in total. The van der Waals surface area contributed by atoms with Crippen molar-refractivity contribution >= 4 is 48.7 Å². The van der Waals surface area contributed by atoms with Crippen LogP contribution in [0.5, 0.6) is 0 Å². The van der Waals surface area contributed by atoms with Crippen LogP contribution in [0.15, 0.2) is 15.0 Å². The summed E-state index contributed by atoms with van der Waals surface area (Å²) in [6, 6.07) is 0.650. The topological polar surface area (TPSA) is 17.1 Å². The van der Waals surface area contributed by atoms with Gasteiger partial charge in [-0.1, -0.05) is 0 Å². The molecule has 0 unspecified atom stereocenters. The Morgan fingerprint density at radius 3 is 1.92 bits per heavy atom. The second-order valence-corrected chi connectivity index (χ2v) is 4.05. The molecule has 0 aromatic heterocycles. The fraction of sp³-hybridized carbons (Fsp3) is 0. The summed E-state index contributed by atoms with van der Waals surface area (Å²) in [6.07, 6.45) is 0. The summed E-state index contributed by atoms with van der Waals surface area (Å²) >= 11 is 10.7. The fourth-order valence-electron chi connectivity index (χ4n) is 0.746. The monoisotopic (exact) mass is 332 g/mol. The molecule has 0 saturated carbocycles. The zero-order valence-corrected chi connectivity index (χ0v) is 9.80. The van der Waals surface area contributed by atoms with Gasteiger partial charge in [0.25, 0.3) is 5.24 Å². The van der Waals surface area contributed by atoms with Crippen molar-refractivity contribution in [3.8, 4) is 0 Å². The minimum absolute atomic E-state index is 0.152. The minimum atomic E-state index is -0.933. The second-order valence-electron chi connectivity index (χ2n) is 2.12. The molecule has 13 heavy (non-hydrogen) atoms. The predicted molar refractivity (Wildman–Crippen MR) is 51.9 cm³/mol. The lowest BCUT2D eigenvalue weighted by atomic mass is 10.2. The van der Waals surface area contributed by atoms with Gasteiger partial charge >= 0.3 is 0 Å². The molecule has 0 aliphatic rings. The highest BCUT2D eigenvalue weighted by Crippen LogP contribution is 2.31. The van der Waals surface area contributed by atoms with Crippen LogP contribution in [0.3, 0.4) is 0 Å². The molecule has 0 atom stereocenters. The van der Waals surface area contributed by atoms with Gasteiger partial charge in [-0.2, -0.15) is 0 Å². The van der Waals surface area contributed by atoms with Crippen molar-refractivity contribution in [1.82, 2.24) is 0 Å². The van der Waals surface area contributed by atoms with Gasteiger partial charge in [-0.3, -0.25) is 4.79 Å². The second kappa shape index (κ2) is 4.02. The quantitative estimate of drug-likeness (QED) is 0.563. The van der Waals surface area contributed by atoms with Gasteiger partial charge in [0.1, 0.15) is 11.6 Å². The van der Waals surface area contributed by atoms with E-state index in [-0.39, 0.29) is 14.5 Å². The lowest BCUT2D eigenvalue weighted by Crippen LogP contribution is -1.98. The van der Waals surface area contributed by atoms with E-state index in [1.165, 1.54) is 0 Å². The minimum Gasteiger partial charge on any atom is -0.276 e. The SMILES string of the molecule is O=C(Cl)c1c(Br)c(F)cc(F)c1Br. The third-order valence-corrected chi connectivity index (χ3v) is 3.05. The van der Waals surface area contributed by atoms with E-state index in [0.717, 1.165) is 0 Å². The lowest BCUT2D eigenvalue weighted by Gasteiger charge is -2.04. The van der Waals surface area contributed by atoms with Crippen LogP contribution < -0.4 is 0 Å². The standard InChI is InChI=1S/C7HBr2ClF2O/c8-5-2(11)1-3(12)6(9)4(5)7(10)13/h1H. The third-order valence-electron chi connectivity index (χ3n) is 1.31. The molecule has 0 bridgehead atoms. The van der Waals surface area contributed by atoms with E-state index in [0.29, 0.717) is 6.07 Å². The van der Waals surface area contributed by atoms with Crippen molar-refractivity contribution in [3.63, 3.8) is 0 Å². The van der Waals surface area contributed by atoms with E-state index in [2.05, 4.69) is 31.9 Å². The van der Waals surface area contributed by atoms with Gasteiger partial charge in [0, 0.05) is 6.07 Å². The van der Waals surface area contributed by atoms with Crippen LogP contribution in [-0.2, 0) is 0 Å². The van der Waals surface area contributed by atoms with Gasteiger partial charge in [-0.25, -0.2) is 8.78 Å². The van der Waals surface area contributed by atoms with Crippen LogP contribution >= 0.6 is 43.5 Å². The number of benzene rings is 1. The molecular formula is C7HBr2ClF2O. The molecule has 1 aromatic carbocycles. The average molecular weight is 334 g/mol. The Morgan fingerprint density at radius 2 is 1.62 bits per heavy atom. The first-order chi connectivity index (χ1) is 5.95. The van der Waals surface area contributed by atoms with E-state index >= 15 is 0 Å². The van der Waals surface area contributed by atoms with Crippen LogP contribution in [0.25, 0.3) is 0 Å². The van der Waals surface area contributed by atoms with E-state index < -0.39 is 16.9 Å². The maximum Gasteiger partial charge on any atom is 0.254 e. The Balaban J connectivity index is 3.56. The summed E-state index contributed by atoms with van der Waals surface area (Å²) < 4.78 is 25.4. The number of halogens is 5. The molecular weight excluding hydrogens is 333 g/mol. The van der Waals surface area contributed by atoms with E-state index in [4.69, 9.17) is 11.6 Å². The van der Waals surface area contributed by atoms with Gasteiger partial charge in [0.15, 0.2) is 0 Å². The lowest BCUT2D eigenvalue weighted by molar-refractivity contribution is 0.107. The first-order valence-corrected chi connectivity index (χ1v) is 4.94. The molecule has 0 radical (unpaired) electrons. The Bertz CT molecular complexity index is 355. The summed E-state index contributed by atoms with van der Waals surface area (Å²) in [4.78, 5) is 10.8. The highest BCUT2D eigenvalue weighted by Gasteiger charge is 2.19. The molecule has 0 spiro atoms. The molecule has 1 aromatic rings. The first kappa shape index (κ1) is 11.1. The van der Waals surface area contributed by atoms with Crippen molar-refractivity contribution in [2.45, 2.75) is 0 Å². The molecule has 70 valence electrons. The summed E-state index contributed by atoms with van der Waals surface area (Å²) in [5.41, 5.74) is -0.251. The number of hydrogen-bond acceptors (Lipinski definition) is 1. The van der Waals surface area contributed by atoms with Gasteiger partial charge in [-0.05, 0) is 43.5 Å². The van der Waals surface area contributed by atoms with Crippen LogP contribution in [-0.4, -0.2) is 5.24 Å².